The number of likely N-dealkylation sites (tertiary alicyclic amines) is 1. The molecule has 0 saturated carbocycles. The van der Waals surface area contributed by atoms with Crippen LogP contribution in [0.25, 0.3) is 0 Å². The van der Waals surface area contributed by atoms with Gasteiger partial charge in [0.1, 0.15) is 11.6 Å². The SMILES string of the molecule is O=C(O)C1CCN(C(=O)NCCOc2ncc(Cl)cc2Cl)CC1. The van der Waals surface area contributed by atoms with Crippen molar-refractivity contribution in [2.45, 2.75) is 12.8 Å². The number of carboxylic acids is 1. The molecule has 2 amide bonds. The molecule has 1 aliphatic heterocycles. The average Bonchev–Trinajstić information content (AvgIpc) is 2.53. The van der Waals surface area contributed by atoms with E-state index in [1.165, 1.54) is 12.3 Å². The van der Waals surface area contributed by atoms with E-state index in [2.05, 4.69) is 10.3 Å². The maximum atomic E-state index is 12.0. The van der Waals surface area contributed by atoms with Gasteiger partial charge in [-0.2, -0.15) is 0 Å². The van der Waals surface area contributed by atoms with E-state index in [4.69, 9.17) is 33.0 Å². The average molecular weight is 362 g/mol. The Kier molecular flexibility index (Phi) is 6.29. The number of aromatic nitrogens is 1. The summed E-state index contributed by atoms with van der Waals surface area (Å²) < 4.78 is 5.37. The molecule has 23 heavy (non-hydrogen) atoms. The Morgan fingerprint density at radius 3 is 2.70 bits per heavy atom. The molecule has 0 aromatic carbocycles. The number of hydrogen-bond donors (Lipinski definition) is 2. The maximum Gasteiger partial charge on any atom is 0.317 e. The minimum atomic E-state index is -0.800. The zero-order valence-corrected chi connectivity index (χ0v) is 13.8. The monoisotopic (exact) mass is 361 g/mol. The fourth-order valence-electron chi connectivity index (χ4n) is 2.26. The van der Waals surface area contributed by atoms with Crippen molar-refractivity contribution in [2.75, 3.05) is 26.2 Å². The van der Waals surface area contributed by atoms with Gasteiger partial charge in [-0.25, -0.2) is 9.78 Å². The molecule has 2 rings (SSSR count). The van der Waals surface area contributed by atoms with Crippen molar-refractivity contribution in [2.24, 2.45) is 5.92 Å². The number of hydrogen-bond acceptors (Lipinski definition) is 4. The van der Waals surface area contributed by atoms with Gasteiger partial charge in [0.2, 0.25) is 5.88 Å². The minimum absolute atomic E-state index is 0.214. The molecule has 0 aliphatic carbocycles. The quantitative estimate of drug-likeness (QED) is 0.784. The van der Waals surface area contributed by atoms with E-state index in [-0.39, 0.29) is 24.4 Å². The summed E-state index contributed by atoms with van der Waals surface area (Å²) in [4.78, 5) is 28.4. The van der Waals surface area contributed by atoms with E-state index in [9.17, 15) is 9.59 Å². The molecule has 2 heterocycles. The molecule has 0 spiro atoms. The lowest BCUT2D eigenvalue weighted by molar-refractivity contribution is -0.143. The van der Waals surface area contributed by atoms with E-state index in [0.29, 0.717) is 42.5 Å². The zero-order valence-electron chi connectivity index (χ0n) is 12.3. The molecular weight excluding hydrogens is 345 g/mol. The number of ether oxygens (including phenoxy) is 1. The smallest absolute Gasteiger partial charge is 0.317 e. The number of aliphatic carboxylic acids is 1. The summed E-state index contributed by atoms with van der Waals surface area (Å²) in [5, 5.41) is 12.4. The number of urea groups is 1. The summed E-state index contributed by atoms with van der Waals surface area (Å²) in [5.41, 5.74) is 0. The second-order valence-electron chi connectivity index (χ2n) is 5.12. The number of nitrogens with one attached hydrogen (secondary N) is 1. The predicted molar refractivity (Wildman–Crippen MR) is 85.1 cm³/mol. The van der Waals surface area contributed by atoms with Gasteiger partial charge in [0.25, 0.3) is 0 Å². The van der Waals surface area contributed by atoms with Crippen LogP contribution in [0.4, 0.5) is 4.79 Å². The maximum absolute atomic E-state index is 12.0. The van der Waals surface area contributed by atoms with Gasteiger partial charge < -0.3 is 20.1 Å². The third-order valence-corrected chi connectivity index (χ3v) is 4.00. The fraction of sp³-hybridized carbons (Fsp3) is 0.500. The van der Waals surface area contributed by atoms with Crippen LogP contribution in [0.1, 0.15) is 12.8 Å². The summed E-state index contributed by atoms with van der Waals surface area (Å²) in [5.74, 6) is -0.904. The van der Waals surface area contributed by atoms with E-state index < -0.39 is 5.97 Å². The summed E-state index contributed by atoms with van der Waals surface area (Å²) in [6.45, 7) is 1.38. The van der Waals surface area contributed by atoms with Crippen LogP contribution < -0.4 is 10.1 Å². The number of pyridine rings is 1. The van der Waals surface area contributed by atoms with Crippen LogP contribution >= 0.6 is 23.2 Å². The molecule has 7 nitrogen and oxygen atoms in total. The van der Waals surface area contributed by atoms with Gasteiger partial charge in [-0.15, -0.1) is 0 Å². The van der Waals surface area contributed by atoms with Gasteiger partial charge in [-0.3, -0.25) is 4.79 Å². The highest BCUT2D eigenvalue weighted by Gasteiger charge is 2.26. The van der Waals surface area contributed by atoms with Crippen molar-refractivity contribution in [1.82, 2.24) is 15.2 Å². The van der Waals surface area contributed by atoms with Crippen molar-refractivity contribution < 1.29 is 19.4 Å². The third kappa shape index (κ3) is 5.14. The number of halogens is 2. The number of rotatable bonds is 5. The normalized spacial score (nSPS) is 15.3. The number of nitrogens with zero attached hydrogens (tertiary/aromatic N) is 2. The van der Waals surface area contributed by atoms with E-state index in [0.717, 1.165) is 0 Å². The largest absolute Gasteiger partial charge is 0.481 e. The first kappa shape index (κ1) is 17.6. The molecule has 126 valence electrons. The lowest BCUT2D eigenvalue weighted by Gasteiger charge is -2.30. The lowest BCUT2D eigenvalue weighted by atomic mass is 9.97. The molecule has 0 bridgehead atoms. The number of piperidine rings is 1. The first-order valence-corrected chi connectivity index (χ1v) is 7.92. The Hall–Kier alpha value is -1.73. The van der Waals surface area contributed by atoms with Crippen LogP contribution in [-0.4, -0.2) is 53.2 Å². The number of carboxylic acid groups (broad SMARTS) is 1. The minimum Gasteiger partial charge on any atom is -0.481 e. The Balaban J connectivity index is 1.68. The highest BCUT2D eigenvalue weighted by molar-refractivity contribution is 6.35. The molecule has 1 aromatic rings. The second-order valence-corrected chi connectivity index (χ2v) is 5.96. The Labute approximate surface area is 143 Å². The molecule has 1 saturated heterocycles. The van der Waals surface area contributed by atoms with Crippen LogP contribution in [0.5, 0.6) is 5.88 Å². The van der Waals surface area contributed by atoms with Gasteiger partial charge >= 0.3 is 12.0 Å². The Morgan fingerprint density at radius 1 is 1.39 bits per heavy atom. The molecule has 9 heteroatoms. The number of amides is 2. The molecule has 1 aromatic heterocycles. The van der Waals surface area contributed by atoms with Gasteiger partial charge in [0.05, 0.1) is 17.5 Å². The van der Waals surface area contributed by atoms with E-state index in [1.807, 2.05) is 0 Å². The highest BCUT2D eigenvalue weighted by Crippen LogP contribution is 2.24. The second kappa shape index (κ2) is 8.21. The summed E-state index contributed by atoms with van der Waals surface area (Å²) in [6, 6.07) is 1.30. The summed E-state index contributed by atoms with van der Waals surface area (Å²) in [6.07, 6.45) is 2.38. The third-order valence-electron chi connectivity index (χ3n) is 3.52. The molecular formula is C14H17Cl2N3O4. The molecule has 1 fully saturated rings. The van der Waals surface area contributed by atoms with Crippen LogP contribution in [0.2, 0.25) is 10.0 Å². The van der Waals surface area contributed by atoms with Gasteiger partial charge in [-0.05, 0) is 18.9 Å². The van der Waals surface area contributed by atoms with Gasteiger partial charge in [-0.1, -0.05) is 23.2 Å². The molecule has 0 atom stereocenters. The zero-order chi connectivity index (χ0) is 16.8. The topological polar surface area (TPSA) is 91.8 Å². The Morgan fingerprint density at radius 2 is 2.09 bits per heavy atom. The standard InChI is InChI=1S/C14H17Cl2N3O4/c15-10-7-11(16)12(18-8-10)23-6-3-17-14(22)19-4-1-9(2-5-19)13(20)21/h7-9H,1-6H2,(H,17,22)(H,20,21). The van der Waals surface area contributed by atoms with Crippen LogP contribution in [0, 0.1) is 5.92 Å². The van der Waals surface area contributed by atoms with Gasteiger partial charge in [0, 0.05) is 19.3 Å². The first-order chi connectivity index (χ1) is 11.0. The lowest BCUT2D eigenvalue weighted by Crippen LogP contribution is -2.46. The van der Waals surface area contributed by atoms with Crippen molar-refractivity contribution in [3.05, 3.63) is 22.3 Å². The van der Waals surface area contributed by atoms with Crippen LogP contribution in [-0.2, 0) is 4.79 Å². The summed E-state index contributed by atoms with van der Waals surface area (Å²) >= 11 is 11.7. The van der Waals surface area contributed by atoms with E-state index >= 15 is 0 Å². The molecule has 2 N–H and O–H groups in total. The fourth-order valence-corrected chi connectivity index (χ4v) is 2.69. The molecule has 0 unspecified atom stereocenters. The summed E-state index contributed by atoms with van der Waals surface area (Å²) in [7, 11) is 0. The highest BCUT2D eigenvalue weighted by atomic mass is 35.5. The molecule has 1 aliphatic rings. The molecule has 0 radical (unpaired) electrons. The Bertz CT molecular complexity index is 577. The van der Waals surface area contributed by atoms with E-state index in [1.54, 1.807) is 4.90 Å². The predicted octanol–water partition coefficient (Wildman–Crippen LogP) is 2.27. The van der Waals surface area contributed by atoms with Crippen LogP contribution in [0.15, 0.2) is 12.3 Å². The van der Waals surface area contributed by atoms with Crippen LogP contribution in [0.3, 0.4) is 0 Å². The number of carbonyl (C=O) groups is 2. The van der Waals surface area contributed by atoms with Crippen molar-refractivity contribution in [3.63, 3.8) is 0 Å². The first-order valence-electron chi connectivity index (χ1n) is 7.17. The number of carbonyl (C=O) groups excluding carboxylic acids is 1. The van der Waals surface area contributed by atoms with Crippen molar-refractivity contribution >= 4 is 35.2 Å². The van der Waals surface area contributed by atoms with Crippen molar-refractivity contribution in [1.29, 1.82) is 0 Å². The van der Waals surface area contributed by atoms with Crippen molar-refractivity contribution in [3.8, 4) is 5.88 Å². The van der Waals surface area contributed by atoms with Gasteiger partial charge in [0.15, 0.2) is 0 Å².